The summed E-state index contributed by atoms with van der Waals surface area (Å²) in [6, 6.07) is 5.67. The van der Waals surface area contributed by atoms with E-state index < -0.39 is 12.3 Å². The molecule has 0 N–H and O–H groups in total. The molecule has 0 amide bonds. The van der Waals surface area contributed by atoms with Crippen molar-refractivity contribution >= 4 is 11.6 Å². The van der Waals surface area contributed by atoms with Crippen LogP contribution in [0, 0.1) is 0 Å². The lowest BCUT2D eigenvalue weighted by Crippen LogP contribution is -2.34. The van der Waals surface area contributed by atoms with E-state index in [1.807, 2.05) is 0 Å². The molecule has 14 heavy (non-hydrogen) atoms. The number of rotatable bonds is 3. The predicted molar refractivity (Wildman–Crippen MR) is 47.6 cm³/mol. The van der Waals surface area contributed by atoms with Gasteiger partial charge in [-0.2, -0.15) is 8.78 Å². The maximum atomic E-state index is 12.8. The first-order valence-electron chi connectivity index (χ1n) is 3.89. The normalized spacial score (nSPS) is 13.8. The van der Waals surface area contributed by atoms with Crippen molar-refractivity contribution in [1.82, 2.24) is 0 Å². The molecule has 0 bridgehead atoms. The minimum atomic E-state index is -3.86. The second-order valence-electron chi connectivity index (χ2n) is 2.71. The van der Waals surface area contributed by atoms with E-state index in [-0.39, 0.29) is 10.8 Å². The van der Waals surface area contributed by atoms with Gasteiger partial charge in [0.05, 0.1) is 5.02 Å². The minimum Gasteiger partial charge on any atom is -0.429 e. The average molecular weight is 225 g/mol. The van der Waals surface area contributed by atoms with Crippen molar-refractivity contribution in [3.05, 3.63) is 29.3 Å². The third kappa shape index (κ3) is 2.54. The quantitative estimate of drug-likeness (QED) is 0.761. The summed E-state index contributed by atoms with van der Waals surface area (Å²) in [6.45, 7) is 0.719. The molecule has 0 fully saturated rings. The van der Waals surface area contributed by atoms with Crippen LogP contribution in [-0.2, 0) is 0 Å². The summed E-state index contributed by atoms with van der Waals surface area (Å²) in [5, 5.41) is 0.0211. The van der Waals surface area contributed by atoms with Gasteiger partial charge in [0, 0.05) is 0 Å². The van der Waals surface area contributed by atoms with Crippen LogP contribution in [0.1, 0.15) is 6.92 Å². The lowest BCUT2D eigenvalue weighted by atomic mass is 10.3. The van der Waals surface area contributed by atoms with Gasteiger partial charge in [0.2, 0.25) is 6.17 Å². The van der Waals surface area contributed by atoms with Gasteiger partial charge >= 0.3 is 6.11 Å². The fourth-order valence-corrected chi connectivity index (χ4v) is 0.930. The van der Waals surface area contributed by atoms with Crippen LogP contribution in [0.3, 0.4) is 0 Å². The molecule has 0 spiro atoms. The first kappa shape index (κ1) is 11.2. The van der Waals surface area contributed by atoms with E-state index in [1.165, 1.54) is 18.2 Å². The molecular formula is C9H8ClF3O. The molecule has 1 atom stereocenters. The number of alkyl halides is 3. The molecule has 0 saturated carbocycles. The van der Waals surface area contributed by atoms with Gasteiger partial charge in [-0.3, -0.25) is 0 Å². The molecule has 1 rings (SSSR count). The first-order chi connectivity index (χ1) is 6.43. The Bertz CT molecular complexity index is 315. The van der Waals surface area contributed by atoms with Crippen LogP contribution in [-0.4, -0.2) is 12.3 Å². The van der Waals surface area contributed by atoms with Crippen molar-refractivity contribution < 1.29 is 17.9 Å². The Labute approximate surface area is 84.4 Å². The Balaban J connectivity index is 2.84. The number of ether oxygens (including phenoxy) is 1. The van der Waals surface area contributed by atoms with Crippen molar-refractivity contribution in [2.75, 3.05) is 0 Å². The second-order valence-corrected chi connectivity index (χ2v) is 3.12. The Morgan fingerprint density at radius 3 is 2.43 bits per heavy atom. The van der Waals surface area contributed by atoms with Crippen LogP contribution in [0.2, 0.25) is 5.02 Å². The third-order valence-corrected chi connectivity index (χ3v) is 1.86. The molecule has 0 aliphatic heterocycles. The van der Waals surface area contributed by atoms with Crippen molar-refractivity contribution in [1.29, 1.82) is 0 Å². The highest BCUT2D eigenvalue weighted by Crippen LogP contribution is 2.31. The molecule has 1 nitrogen and oxygen atoms in total. The summed E-state index contributed by atoms with van der Waals surface area (Å²) in [7, 11) is 0. The SMILES string of the molecule is CC(F)C(F)(F)Oc1ccccc1Cl. The van der Waals surface area contributed by atoms with E-state index >= 15 is 0 Å². The maximum absolute atomic E-state index is 12.8. The van der Waals surface area contributed by atoms with Crippen LogP contribution in [0.5, 0.6) is 5.75 Å². The first-order valence-corrected chi connectivity index (χ1v) is 4.26. The summed E-state index contributed by atoms with van der Waals surface area (Å²) < 4.78 is 42.0. The van der Waals surface area contributed by atoms with Crippen molar-refractivity contribution in [3.8, 4) is 5.75 Å². The molecule has 1 unspecified atom stereocenters. The summed E-state index contributed by atoms with van der Waals surface area (Å²) in [5.74, 6) is -0.233. The van der Waals surface area contributed by atoms with Gasteiger partial charge in [-0.05, 0) is 19.1 Å². The van der Waals surface area contributed by atoms with Gasteiger partial charge in [-0.1, -0.05) is 23.7 Å². The maximum Gasteiger partial charge on any atom is 0.429 e. The van der Waals surface area contributed by atoms with E-state index in [9.17, 15) is 13.2 Å². The van der Waals surface area contributed by atoms with E-state index in [2.05, 4.69) is 4.74 Å². The standard InChI is InChI=1S/C9H8ClF3O/c1-6(11)9(12,13)14-8-5-3-2-4-7(8)10/h2-6H,1H3. The van der Waals surface area contributed by atoms with Crippen LogP contribution in [0.15, 0.2) is 24.3 Å². The fraction of sp³-hybridized carbons (Fsp3) is 0.333. The zero-order valence-corrected chi connectivity index (χ0v) is 8.06. The van der Waals surface area contributed by atoms with Crippen LogP contribution in [0.4, 0.5) is 13.2 Å². The smallest absolute Gasteiger partial charge is 0.429 e. The summed E-state index contributed by atoms with van der Waals surface area (Å²) in [4.78, 5) is 0. The Morgan fingerprint density at radius 1 is 1.36 bits per heavy atom. The average Bonchev–Trinajstić information content (AvgIpc) is 2.08. The summed E-state index contributed by atoms with van der Waals surface area (Å²) in [5.41, 5.74) is 0. The molecular weight excluding hydrogens is 217 g/mol. The van der Waals surface area contributed by atoms with E-state index in [0.717, 1.165) is 6.92 Å². The Hall–Kier alpha value is -0.900. The lowest BCUT2D eigenvalue weighted by Gasteiger charge is -2.19. The van der Waals surface area contributed by atoms with Crippen molar-refractivity contribution in [2.24, 2.45) is 0 Å². The molecule has 0 aliphatic rings. The minimum absolute atomic E-state index is 0.0211. The number of hydrogen-bond acceptors (Lipinski definition) is 1. The van der Waals surface area contributed by atoms with Gasteiger partial charge in [-0.25, -0.2) is 4.39 Å². The zero-order chi connectivity index (χ0) is 10.8. The molecule has 0 radical (unpaired) electrons. The van der Waals surface area contributed by atoms with Gasteiger partial charge < -0.3 is 4.74 Å². The zero-order valence-electron chi connectivity index (χ0n) is 7.31. The molecule has 0 aromatic heterocycles. The lowest BCUT2D eigenvalue weighted by molar-refractivity contribution is -0.215. The van der Waals surface area contributed by atoms with E-state index in [0.29, 0.717) is 0 Å². The van der Waals surface area contributed by atoms with Gasteiger partial charge in [0.25, 0.3) is 0 Å². The monoisotopic (exact) mass is 224 g/mol. The highest BCUT2D eigenvalue weighted by atomic mass is 35.5. The molecule has 1 aromatic carbocycles. The fourth-order valence-electron chi connectivity index (χ4n) is 0.755. The summed E-state index contributed by atoms with van der Waals surface area (Å²) in [6.07, 6.45) is -6.25. The van der Waals surface area contributed by atoms with E-state index in [1.54, 1.807) is 6.07 Å². The molecule has 0 heterocycles. The highest BCUT2D eigenvalue weighted by molar-refractivity contribution is 6.32. The topological polar surface area (TPSA) is 9.23 Å². The van der Waals surface area contributed by atoms with Crippen LogP contribution >= 0.6 is 11.6 Å². The molecule has 1 aromatic rings. The molecule has 78 valence electrons. The largest absolute Gasteiger partial charge is 0.429 e. The number of benzene rings is 1. The van der Waals surface area contributed by atoms with Gasteiger partial charge in [0.15, 0.2) is 0 Å². The Kier molecular flexibility index (Phi) is 3.26. The Morgan fingerprint density at radius 2 is 1.93 bits per heavy atom. The molecule has 0 saturated heterocycles. The third-order valence-electron chi connectivity index (χ3n) is 1.55. The highest BCUT2D eigenvalue weighted by Gasteiger charge is 2.40. The van der Waals surface area contributed by atoms with Gasteiger partial charge in [0.1, 0.15) is 5.75 Å². The predicted octanol–water partition coefficient (Wildman–Crippen LogP) is 3.67. The van der Waals surface area contributed by atoms with Crippen molar-refractivity contribution in [2.45, 2.75) is 19.2 Å². The number of hydrogen-bond donors (Lipinski definition) is 0. The van der Waals surface area contributed by atoms with Crippen LogP contribution in [0.25, 0.3) is 0 Å². The number of para-hydroxylation sites is 1. The number of halogens is 4. The summed E-state index contributed by atoms with van der Waals surface area (Å²) >= 11 is 5.55. The molecule has 5 heteroatoms. The second kappa shape index (κ2) is 4.09. The van der Waals surface area contributed by atoms with Gasteiger partial charge in [-0.15, -0.1) is 0 Å². The van der Waals surface area contributed by atoms with E-state index in [4.69, 9.17) is 11.6 Å². The van der Waals surface area contributed by atoms with Crippen molar-refractivity contribution in [3.63, 3.8) is 0 Å². The molecule has 0 aliphatic carbocycles. The van der Waals surface area contributed by atoms with Crippen LogP contribution < -0.4 is 4.74 Å².